The van der Waals surface area contributed by atoms with Crippen LogP contribution in [0, 0.1) is 0 Å². The largest absolute Gasteiger partial charge is 0.320 e. The second kappa shape index (κ2) is 10.4. The Morgan fingerprint density at radius 2 is 1.31 bits per heavy atom. The molecule has 0 saturated heterocycles. The third-order valence-electron chi connectivity index (χ3n) is 5.90. The average molecular weight is 480 g/mol. The minimum Gasteiger partial charge on any atom is -0.320 e. The van der Waals surface area contributed by atoms with E-state index in [1.54, 1.807) is 48.7 Å². The van der Waals surface area contributed by atoms with Crippen molar-refractivity contribution in [3.8, 4) is 0 Å². The molecule has 0 fully saturated rings. The van der Waals surface area contributed by atoms with Gasteiger partial charge in [-0.05, 0) is 52.9 Å². The third kappa shape index (κ3) is 5.78. The smallest absolute Gasteiger partial charge is 0.263 e. The van der Waals surface area contributed by atoms with E-state index >= 15 is 0 Å². The third-order valence-corrected chi connectivity index (χ3v) is 5.90. The van der Waals surface area contributed by atoms with E-state index in [9.17, 15) is 14.4 Å². The Hall–Kier alpha value is -4.45. The summed E-state index contributed by atoms with van der Waals surface area (Å²) in [6.45, 7) is 6.71. The van der Waals surface area contributed by atoms with Gasteiger partial charge in [-0.25, -0.2) is 0 Å². The van der Waals surface area contributed by atoms with Gasteiger partial charge in [-0.3, -0.25) is 14.4 Å². The number of nitrogens with one attached hydrogen (secondary N) is 2. The molecule has 0 unspecified atom stereocenters. The van der Waals surface area contributed by atoms with Crippen molar-refractivity contribution in [3.63, 3.8) is 0 Å². The van der Waals surface area contributed by atoms with Crippen LogP contribution < -0.4 is 16.2 Å². The number of hydrogen-bond acceptors (Lipinski definition) is 3. The summed E-state index contributed by atoms with van der Waals surface area (Å²) >= 11 is 0. The van der Waals surface area contributed by atoms with Crippen molar-refractivity contribution in [1.82, 2.24) is 4.57 Å². The number of carbonyl (C=O) groups is 2. The van der Waals surface area contributed by atoms with E-state index in [1.165, 1.54) is 10.6 Å². The van der Waals surface area contributed by atoms with E-state index in [1.807, 2.05) is 42.5 Å². The number of carbonyl (C=O) groups excluding carboxylic acids is 2. The van der Waals surface area contributed by atoms with Gasteiger partial charge in [0, 0.05) is 11.8 Å². The number of amides is 2. The van der Waals surface area contributed by atoms with Crippen LogP contribution in [-0.4, -0.2) is 16.4 Å². The quantitative estimate of drug-likeness (QED) is 0.372. The number of aromatic nitrogens is 1. The van der Waals surface area contributed by atoms with Gasteiger partial charge in [0.2, 0.25) is 0 Å². The number of para-hydroxylation sites is 2. The second-order valence-corrected chi connectivity index (χ2v) is 9.62. The Labute approximate surface area is 210 Å². The molecule has 1 heterocycles. The highest BCUT2D eigenvalue weighted by Crippen LogP contribution is 2.24. The maximum absolute atomic E-state index is 13.0. The second-order valence-electron chi connectivity index (χ2n) is 9.62. The van der Waals surface area contributed by atoms with Gasteiger partial charge >= 0.3 is 0 Å². The Balaban J connectivity index is 1.51. The summed E-state index contributed by atoms with van der Waals surface area (Å²) in [5.41, 5.74) is 3.07. The maximum Gasteiger partial charge on any atom is 0.263 e. The van der Waals surface area contributed by atoms with Crippen LogP contribution in [0.2, 0.25) is 0 Å². The molecule has 6 heteroatoms. The van der Waals surface area contributed by atoms with E-state index in [0.717, 1.165) is 11.1 Å². The molecule has 0 saturated carbocycles. The highest BCUT2D eigenvalue weighted by atomic mass is 16.2. The summed E-state index contributed by atoms with van der Waals surface area (Å²) in [5.74, 6) is -0.833. The first kappa shape index (κ1) is 24.7. The van der Waals surface area contributed by atoms with Crippen molar-refractivity contribution in [2.45, 2.75) is 32.7 Å². The predicted molar refractivity (Wildman–Crippen MR) is 144 cm³/mol. The molecule has 0 aliphatic heterocycles. The van der Waals surface area contributed by atoms with Crippen LogP contribution in [0.1, 0.15) is 52.6 Å². The molecule has 182 valence electrons. The summed E-state index contributed by atoms with van der Waals surface area (Å²) in [7, 11) is 0. The Morgan fingerprint density at radius 3 is 1.92 bits per heavy atom. The zero-order chi connectivity index (χ0) is 25.7. The fourth-order valence-electron chi connectivity index (χ4n) is 3.82. The summed E-state index contributed by atoms with van der Waals surface area (Å²) in [5, 5.41) is 5.64. The van der Waals surface area contributed by atoms with Crippen molar-refractivity contribution >= 4 is 23.2 Å². The van der Waals surface area contributed by atoms with E-state index in [-0.39, 0.29) is 22.4 Å². The summed E-state index contributed by atoms with van der Waals surface area (Å²) < 4.78 is 1.50. The van der Waals surface area contributed by atoms with Crippen LogP contribution >= 0.6 is 0 Å². The Kier molecular flexibility index (Phi) is 7.15. The Bertz CT molecular complexity index is 1430. The highest BCUT2D eigenvalue weighted by molar-refractivity contribution is 6.09. The molecule has 2 N–H and O–H groups in total. The lowest BCUT2D eigenvalue weighted by atomic mass is 9.87. The number of benzene rings is 3. The predicted octanol–water partition coefficient (Wildman–Crippen LogP) is 5.70. The van der Waals surface area contributed by atoms with Gasteiger partial charge in [0.05, 0.1) is 17.9 Å². The van der Waals surface area contributed by atoms with Crippen LogP contribution in [0.5, 0.6) is 0 Å². The Morgan fingerprint density at radius 1 is 0.722 bits per heavy atom. The lowest BCUT2D eigenvalue weighted by Crippen LogP contribution is -2.29. The summed E-state index contributed by atoms with van der Waals surface area (Å²) in [6, 6.07) is 27.1. The maximum atomic E-state index is 13.0. The molecule has 0 radical (unpaired) electrons. The zero-order valence-electron chi connectivity index (χ0n) is 20.6. The van der Waals surface area contributed by atoms with E-state index in [2.05, 4.69) is 31.4 Å². The average Bonchev–Trinajstić information content (AvgIpc) is 2.86. The number of anilines is 2. The molecular formula is C30H29N3O3. The van der Waals surface area contributed by atoms with Gasteiger partial charge < -0.3 is 15.2 Å². The lowest BCUT2D eigenvalue weighted by Gasteiger charge is -2.19. The monoisotopic (exact) mass is 479 g/mol. The van der Waals surface area contributed by atoms with Crippen LogP contribution in [0.4, 0.5) is 11.4 Å². The van der Waals surface area contributed by atoms with Gasteiger partial charge in [-0.2, -0.15) is 0 Å². The van der Waals surface area contributed by atoms with Crippen molar-refractivity contribution in [2.75, 3.05) is 10.6 Å². The molecule has 2 amide bonds. The molecule has 0 aliphatic rings. The molecule has 1 aromatic heterocycles. The molecule has 4 rings (SSSR count). The molecule has 0 atom stereocenters. The molecule has 6 nitrogen and oxygen atoms in total. The van der Waals surface area contributed by atoms with Gasteiger partial charge in [0.1, 0.15) is 5.56 Å². The minimum absolute atomic E-state index is 0.0109. The molecule has 36 heavy (non-hydrogen) atoms. The fourth-order valence-corrected chi connectivity index (χ4v) is 3.82. The molecule has 0 spiro atoms. The van der Waals surface area contributed by atoms with Crippen molar-refractivity contribution in [3.05, 3.63) is 130 Å². The molecule has 3 aromatic carbocycles. The van der Waals surface area contributed by atoms with E-state index in [4.69, 9.17) is 0 Å². The number of nitrogens with zero attached hydrogens (tertiary/aromatic N) is 1. The van der Waals surface area contributed by atoms with Crippen molar-refractivity contribution in [2.24, 2.45) is 0 Å². The lowest BCUT2D eigenvalue weighted by molar-refractivity contribution is 0.101. The first-order valence-corrected chi connectivity index (χ1v) is 11.8. The highest BCUT2D eigenvalue weighted by Gasteiger charge is 2.17. The van der Waals surface area contributed by atoms with Gasteiger partial charge in [0.15, 0.2) is 0 Å². The van der Waals surface area contributed by atoms with Gasteiger partial charge in [0.25, 0.3) is 17.4 Å². The van der Waals surface area contributed by atoms with Crippen LogP contribution in [0.25, 0.3) is 0 Å². The SMILES string of the molecule is CC(C)(C)c1ccc(C(=O)Nc2ccccc2NC(=O)c2cccn(Cc3ccccc3)c2=O)cc1. The van der Waals surface area contributed by atoms with Gasteiger partial charge in [-0.15, -0.1) is 0 Å². The zero-order valence-corrected chi connectivity index (χ0v) is 20.6. The summed E-state index contributed by atoms with van der Waals surface area (Å²) in [6.07, 6.45) is 1.66. The molecule has 0 bridgehead atoms. The molecular weight excluding hydrogens is 450 g/mol. The van der Waals surface area contributed by atoms with Crippen molar-refractivity contribution < 1.29 is 9.59 Å². The molecule has 4 aromatic rings. The fraction of sp³-hybridized carbons (Fsp3) is 0.167. The number of hydrogen-bond donors (Lipinski definition) is 2. The number of pyridine rings is 1. The van der Waals surface area contributed by atoms with Gasteiger partial charge in [-0.1, -0.05) is 75.4 Å². The van der Waals surface area contributed by atoms with Crippen LogP contribution in [0.15, 0.2) is 102 Å². The standard InChI is InChI=1S/C30H29N3O3/c1-30(2,3)23-17-15-22(16-18-23)27(34)31-25-13-7-8-14-26(25)32-28(35)24-12-9-19-33(29(24)36)20-21-10-5-4-6-11-21/h4-19H,20H2,1-3H3,(H,31,34)(H,32,35). The van der Waals surface area contributed by atoms with Crippen molar-refractivity contribution in [1.29, 1.82) is 0 Å². The minimum atomic E-state index is -0.543. The topological polar surface area (TPSA) is 80.2 Å². The molecule has 0 aliphatic carbocycles. The van der Waals surface area contributed by atoms with E-state index in [0.29, 0.717) is 23.5 Å². The number of rotatable bonds is 6. The first-order valence-electron chi connectivity index (χ1n) is 11.8. The van der Waals surface area contributed by atoms with Crippen LogP contribution in [-0.2, 0) is 12.0 Å². The first-order chi connectivity index (χ1) is 17.2. The summed E-state index contributed by atoms with van der Waals surface area (Å²) in [4.78, 5) is 38.9. The normalized spacial score (nSPS) is 11.1. The van der Waals surface area contributed by atoms with Crippen LogP contribution in [0.3, 0.4) is 0 Å². The van der Waals surface area contributed by atoms with E-state index < -0.39 is 5.91 Å².